The third-order valence-corrected chi connectivity index (χ3v) is 3.45. The quantitative estimate of drug-likeness (QED) is 0.643. The minimum absolute atomic E-state index is 0.804. The van der Waals surface area contributed by atoms with E-state index in [0.29, 0.717) is 0 Å². The van der Waals surface area contributed by atoms with E-state index in [-0.39, 0.29) is 0 Å². The number of hydrogen-bond acceptors (Lipinski definition) is 4. The molecule has 1 aliphatic heterocycles. The molecular weight excluding hydrogens is 176 g/mol. The van der Waals surface area contributed by atoms with Crippen molar-refractivity contribution in [2.75, 3.05) is 6.26 Å². The Balaban J connectivity index is 3.07. The van der Waals surface area contributed by atoms with Gasteiger partial charge in [0.15, 0.2) is 9.84 Å². The maximum Gasteiger partial charge on any atom is 0.228 e. The topological polar surface area (TPSA) is 58.5 Å². The summed E-state index contributed by atoms with van der Waals surface area (Å²) in [5.41, 5.74) is 0.804. The maximum atomic E-state index is 11.3. The highest BCUT2D eigenvalue weighted by atomic mass is 32.2. The zero-order valence-electron chi connectivity index (χ0n) is 7.33. The molecule has 0 radical (unpaired) electrons. The Morgan fingerprint density at radius 2 is 2.17 bits per heavy atom. The summed E-state index contributed by atoms with van der Waals surface area (Å²) in [6.45, 7) is 3.34. The molecule has 1 atom stereocenters. The van der Waals surface area contributed by atoms with Crippen LogP contribution in [0.2, 0.25) is 0 Å². The van der Waals surface area contributed by atoms with E-state index in [1.807, 2.05) is 0 Å². The summed E-state index contributed by atoms with van der Waals surface area (Å²) in [5.74, 6) is 0. The number of aliphatic imine (C=N–C) groups is 1. The first-order valence-corrected chi connectivity index (χ1v) is 5.44. The van der Waals surface area contributed by atoms with Gasteiger partial charge in [-0.05, 0) is 19.9 Å². The van der Waals surface area contributed by atoms with Crippen LogP contribution in [0.15, 0.2) is 16.8 Å². The van der Waals surface area contributed by atoms with Gasteiger partial charge in [-0.15, -0.1) is 0 Å². The lowest BCUT2D eigenvalue weighted by Gasteiger charge is -2.28. The first-order chi connectivity index (χ1) is 5.35. The summed E-state index contributed by atoms with van der Waals surface area (Å²) in [6.07, 6.45) is 4.40. The average molecular weight is 188 g/mol. The van der Waals surface area contributed by atoms with Crippen molar-refractivity contribution in [1.82, 2.24) is 5.32 Å². The van der Waals surface area contributed by atoms with Crippen LogP contribution in [0, 0.1) is 0 Å². The molecule has 0 aromatic rings. The molecule has 0 spiro atoms. The normalized spacial score (nSPS) is 29.4. The summed E-state index contributed by atoms with van der Waals surface area (Å²) >= 11 is 0. The number of nitrogens with one attached hydrogen (secondary N) is 1. The van der Waals surface area contributed by atoms with E-state index >= 15 is 0 Å². The molecule has 0 saturated heterocycles. The Bertz CT molecular complexity index is 342. The van der Waals surface area contributed by atoms with Crippen molar-refractivity contribution in [2.24, 2.45) is 4.99 Å². The van der Waals surface area contributed by atoms with Gasteiger partial charge < -0.3 is 5.32 Å². The van der Waals surface area contributed by atoms with Crippen LogP contribution >= 0.6 is 0 Å². The van der Waals surface area contributed by atoms with Gasteiger partial charge in [-0.3, -0.25) is 4.99 Å². The monoisotopic (exact) mass is 188 g/mol. The van der Waals surface area contributed by atoms with Gasteiger partial charge in [0.05, 0.1) is 0 Å². The SMILES string of the molecule is CC1=CC=NC(C)(S(C)(=O)=O)N1. The lowest BCUT2D eigenvalue weighted by Crippen LogP contribution is -2.47. The van der Waals surface area contributed by atoms with Crippen LogP contribution in [-0.4, -0.2) is 25.9 Å². The second kappa shape index (κ2) is 2.58. The molecule has 0 fully saturated rings. The molecule has 1 unspecified atom stereocenters. The molecule has 1 rings (SSSR count). The Morgan fingerprint density at radius 1 is 1.58 bits per heavy atom. The molecule has 0 aromatic heterocycles. The predicted molar refractivity (Wildman–Crippen MR) is 48.6 cm³/mol. The minimum atomic E-state index is -3.21. The van der Waals surface area contributed by atoms with Gasteiger partial charge in [0.25, 0.3) is 0 Å². The van der Waals surface area contributed by atoms with E-state index in [0.717, 1.165) is 12.0 Å². The van der Waals surface area contributed by atoms with Gasteiger partial charge in [-0.2, -0.15) is 0 Å². The summed E-state index contributed by atoms with van der Waals surface area (Å²) in [7, 11) is -3.21. The molecule has 1 N–H and O–H groups in total. The van der Waals surface area contributed by atoms with E-state index in [2.05, 4.69) is 10.3 Å². The standard InChI is InChI=1S/C7H12N2O2S/c1-6-4-5-8-7(2,9-6)12(3,10)11/h4-5,9H,1-3H3. The van der Waals surface area contributed by atoms with Crippen molar-refractivity contribution in [3.8, 4) is 0 Å². The van der Waals surface area contributed by atoms with Crippen LogP contribution < -0.4 is 5.32 Å². The Kier molecular flexibility index (Phi) is 1.99. The lowest BCUT2D eigenvalue weighted by molar-refractivity contribution is 0.502. The Hall–Kier alpha value is -0.840. The summed E-state index contributed by atoms with van der Waals surface area (Å²) in [5, 5.41) is 2.81. The molecule has 1 heterocycles. The van der Waals surface area contributed by atoms with Crippen LogP contribution in [0.4, 0.5) is 0 Å². The van der Waals surface area contributed by atoms with Gasteiger partial charge in [0.2, 0.25) is 4.99 Å². The number of rotatable bonds is 1. The zero-order chi connectivity index (χ0) is 9.41. The van der Waals surface area contributed by atoms with Crippen molar-refractivity contribution in [1.29, 1.82) is 0 Å². The minimum Gasteiger partial charge on any atom is -0.353 e. The van der Waals surface area contributed by atoms with Crippen LogP contribution in [-0.2, 0) is 9.84 Å². The Labute approximate surface area is 72.3 Å². The highest BCUT2D eigenvalue weighted by Crippen LogP contribution is 2.17. The van der Waals surface area contributed by atoms with Crippen LogP contribution in [0.1, 0.15) is 13.8 Å². The molecule has 0 amide bonds. The van der Waals surface area contributed by atoms with Gasteiger partial charge in [0, 0.05) is 18.2 Å². The maximum absolute atomic E-state index is 11.3. The van der Waals surface area contributed by atoms with Crippen LogP contribution in [0.5, 0.6) is 0 Å². The zero-order valence-corrected chi connectivity index (χ0v) is 8.14. The third kappa shape index (κ3) is 1.50. The van der Waals surface area contributed by atoms with Gasteiger partial charge in [-0.25, -0.2) is 8.42 Å². The molecule has 12 heavy (non-hydrogen) atoms. The lowest BCUT2D eigenvalue weighted by atomic mass is 10.3. The number of sulfone groups is 1. The van der Waals surface area contributed by atoms with Crippen molar-refractivity contribution < 1.29 is 8.42 Å². The average Bonchev–Trinajstić information content (AvgIpc) is 1.83. The highest BCUT2D eigenvalue weighted by Gasteiger charge is 2.35. The van der Waals surface area contributed by atoms with E-state index in [1.54, 1.807) is 13.0 Å². The molecule has 0 aliphatic carbocycles. The molecule has 0 aromatic carbocycles. The fraction of sp³-hybridized carbons (Fsp3) is 0.571. The predicted octanol–water partition coefficient (Wildman–Crippen LogP) is 0.283. The second-order valence-corrected chi connectivity index (χ2v) is 5.35. The molecule has 68 valence electrons. The van der Waals surface area contributed by atoms with Gasteiger partial charge in [0.1, 0.15) is 0 Å². The molecule has 1 aliphatic rings. The molecule has 0 saturated carbocycles. The smallest absolute Gasteiger partial charge is 0.228 e. The van der Waals surface area contributed by atoms with E-state index in [9.17, 15) is 8.42 Å². The second-order valence-electron chi connectivity index (χ2n) is 3.01. The first-order valence-electron chi connectivity index (χ1n) is 3.55. The summed E-state index contributed by atoms with van der Waals surface area (Å²) < 4.78 is 22.5. The van der Waals surface area contributed by atoms with Gasteiger partial charge in [-0.1, -0.05) is 0 Å². The molecular formula is C7H12N2O2S. The molecule has 5 heteroatoms. The fourth-order valence-corrected chi connectivity index (χ4v) is 1.52. The molecule has 0 bridgehead atoms. The van der Waals surface area contributed by atoms with Crippen LogP contribution in [0.3, 0.4) is 0 Å². The Morgan fingerprint density at radius 3 is 2.50 bits per heavy atom. The fourth-order valence-electron chi connectivity index (χ4n) is 0.920. The van der Waals surface area contributed by atoms with Gasteiger partial charge >= 0.3 is 0 Å². The van der Waals surface area contributed by atoms with Crippen molar-refractivity contribution >= 4 is 16.1 Å². The van der Waals surface area contributed by atoms with Crippen molar-refractivity contribution in [2.45, 2.75) is 18.8 Å². The summed E-state index contributed by atoms with van der Waals surface area (Å²) in [6, 6.07) is 0. The van der Waals surface area contributed by atoms with E-state index < -0.39 is 14.8 Å². The van der Waals surface area contributed by atoms with E-state index in [1.165, 1.54) is 13.1 Å². The molecule has 4 nitrogen and oxygen atoms in total. The van der Waals surface area contributed by atoms with Crippen molar-refractivity contribution in [3.63, 3.8) is 0 Å². The number of nitrogens with zero attached hydrogens (tertiary/aromatic N) is 1. The summed E-state index contributed by atoms with van der Waals surface area (Å²) in [4.78, 5) is 2.69. The largest absolute Gasteiger partial charge is 0.353 e. The first kappa shape index (κ1) is 9.25. The van der Waals surface area contributed by atoms with E-state index in [4.69, 9.17) is 0 Å². The van der Waals surface area contributed by atoms with Crippen molar-refractivity contribution in [3.05, 3.63) is 11.8 Å². The number of allylic oxidation sites excluding steroid dienone is 2. The third-order valence-electron chi connectivity index (χ3n) is 1.80. The van der Waals surface area contributed by atoms with Crippen LogP contribution in [0.25, 0.3) is 0 Å². The number of hydrogen-bond donors (Lipinski definition) is 1. The highest BCUT2D eigenvalue weighted by molar-refractivity contribution is 7.92.